The van der Waals surface area contributed by atoms with E-state index in [1.165, 1.54) is 0 Å². The van der Waals surface area contributed by atoms with E-state index in [0.29, 0.717) is 0 Å². The van der Waals surface area contributed by atoms with Crippen LogP contribution in [0, 0.1) is 0 Å². The van der Waals surface area contributed by atoms with E-state index in [4.69, 9.17) is 10.8 Å². The molecular formula is C7H15NO3S. The molecule has 0 radical (unpaired) electrons. The van der Waals surface area contributed by atoms with Crippen molar-refractivity contribution in [2.45, 2.75) is 30.8 Å². The molecule has 12 heavy (non-hydrogen) atoms. The minimum absolute atomic E-state index is 0.0841. The Morgan fingerprint density at radius 1 is 1.58 bits per heavy atom. The largest absolute Gasteiger partial charge is 0.480 e. The Kier molecular flexibility index (Phi) is 3.86. The summed E-state index contributed by atoms with van der Waals surface area (Å²) >= 11 is 0. The fraction of sp³-hybridized carbons (Fsp3) is 0.857. The van der Waals surface area contributed by atoms with Gasteiger partial charge in [0.25, 0.3) is 0 Å². The highest BCUT2D eigenvalue weighted by Crippen LogP contribution is 2.15. The first-order chi connectivity index (χ1) is 5.30. The number of aliphatic carboxylic acids is 1. The van der Waals surface area contributed by atoms with Gasteiger partial charge in [0.15, 0.2) is 0 Å². The van der Waals surface area contributed by atoms with E-state index in [2.05, 4.69) is 0 Å². The average Bonchev–Trinajstić information content (AvgIpc) is 1.86. The lowest BCUT2D eigenvalue weighted by Gasteiger charge is -2.21. The molecule has 0 amide bonds. The van der Waals surface area contributed by atoms with E-state index in [9.17, 15) is 9.00 Å². The van der Waals surface area contributed by atoms with Gasteiger partial charge in [0.2, 0.25) is 0 Å². The summed E-state index contributed by atoms with van der Waals surface area (Å²) in [6.45, 7) is 5.11. The van der Waals surface area contributed by atoms with Crippen molar-refractivity contribution in [1.82, 2.24) is 0 Å². The summed E-state index contributed by atoms with van der Waals surface area (Å²) < 4.78 is 11.0. The van der Waals surface area contributed by atoms with Gasteiger partial charge < -0.3 is 10.8 Å². The van der Waals surface area contributed by atoms with Crippen LogP contribution in [0.4, 0.5) is 0 Å². The Morgan fingerprint density at radius 2 is 2.00 bits per heavy atom. The first kappa shape index (κ1) is 11.6. The molecule has 0 aromatic heterocycles. The number of hydrogen-bond donors (Lipinski definition) is 2. The molecule has 0 rings (SSSR count). The lowest BCUT2D eigenvalue weighted by molar-refractivity contribution is -0.136. The minimum atomic E-state index is -1.43. The summed E-state index contributed by atoms with van der Waals surface area (Å²) in [5.41, 5.74) is 5.20. The van der Waals surface area contributed by atoms with Crippen molar-refractivity contribution >= 4 is 16.8 Å². The third-order valence-corrected chi connectivity index (χ3v) is 3.47. The second-order valence-electron chi connectivity index (χ2n) is 3.47. The predicted molar refractivity (Wildman–Crippen MR) is 48.4 cm³/mol. The summed E-state index contributed by atoms with van der Waals surface area (Å²) in [6.07, 6.45) is 0. The Morgan fingerprint density at radius 3 is 2.08 bits per heavy atom. The van der Waals surface area contributed by atoms with Crippen LogP contribution in [0.15, 0.2) is 0 Å². The zero-order chi connectivity index (χ0) is 9.94. The van der Waals surface area contributed by atoms with Crippen LogP contribution in [0.25, 0.3) is 0 Å². The molecule has 2 unspecified atom stereocenters. The maximum Gasteiger partial charge on any atom is 0.320 e. The van der Waals surface area contributed by atoms with Gasteiger partial charge in [0, 0.05) is 22.1 Å². The fourth-order valence-corrected chi connectivity index (χ4v) is 1.92. The van der Waals surface area contributed by atoms with E-state index in [1.807, 2.05) is 0 Å². The van der Waals surface area contributed by atoms with Gasteiger partial charge in [0.1, 0.15) is 5.25 Å². The molecule has 5 heteroatoms. The van der Waals surface area contributed by atoms with Crippen molar-refractivity contribution in [3.63, 3.8) is 0 Å². The summed E-state index contributed by atoms with van der Waals surface area (Å²) in [5, 5.41) is 7.68. The fourth-order valence-electron chi connectivity index (χ4n) is 0.707. The number of carboxylic acids is 1. The number of nitrogens with two attached hydrogens (primary N) is 1. The highest BCUT2D eigenvalue weighted by molar-refractivity contribution is 7.87. The maximum atomic E-state index is 11.5. The van der Waals surface area contributed by atoms with Gasteiger partial charge in [-0.2, -0.15) is 0 Å². The molecule has 0 aliphatic rings. The molecule has 4 nitrogen and oxygen atoms in total. The molecule has 0 fully saturated rings. The monoisotopic (exact) mass is 193 g/mol. The first-order valence-corrected chi connectivity index (χ1v) is 4.85. The van der Waals surface area contributed by atoms with Crippen LogP contribution in [-0.2, 0) is 15.6 Å². The number of carboxylic acid groups (broad SMARTS) is 1. The maximum absolute atomic E-state index is 11.5. The van der Waals surface area contributed by atoms with Gasteiger partial charge in [-0.15, -0.1) is 0 Å². The predicted octanol–water partition coefficient (Wildman–Crippen LogP) is -0.0545. The lowest BCUT2D eigenvalue weighted by Crippen LogP contribution is -2.41. The van der Waals surface area contributed by atoms with Crippen LogP contribution in [0.3, 0.4) is 0 Å². The van der Waals surface area contributed by atoms with Crippen molar-refractivity contribution in [3.8, 4) is 0 Å². The molecule has 0 saturated heterocycles. The molecule has 0 aromatic carbocycles. The summed E-state index contributed by atoms with van der Waals surface area (Å²) in [5.74, 6) is -1.09. The number of hydrogen-bond acceptors (Lipinski definition) is 3. The van der Waals surface area contributed by atoms with Crippen LogP contribution in [-0.4, -0.2) is 31.8 Å². The summed E-state index contributed by atoms with van der Waals surface area (Å²) in [4.78, 5) is 10.5. The molecule has 0 spiro atoms. The summed E-state index contributed by atoms with van der Waals surface area (Å²) in [6, 6.07) is 0. The molecular weight excluding hydrogens is 178 g/mol. The standard InChI is InChI=1S/C7H15NO3S/c1-7(2,3)12(11)5(4-8)6(9)10/h5H,4,8H2,1-3H3,(H,9,10). The van der Waals surface area contributed by atoms with E-state index >= 15 is 0 Å². The van der Waals surface area contributed by atoms with Gasteiger partial charge in [-0.25, -0.2) is 0 Å². The van der Waals surface area contributed by atoms with Crippen LogP contribution < -0.4 is 5.73 Å². The van der Waals surface area contributed by atoms with Gasteiger partial charge in [-0.3, -0.25) is 9.00 Å². The highest BCUT2D eigenvalue weighted by atomic mass is 32.2. The molecule has 3 N–H and O–H groups in total. The molecule has 0 bridgehead atoms. The van der Waals surface area contributed by atoms with E-state index in [0.717, 1.165) is 0 Å². The Hall–Kier alpha value is -0.420. The SMILES string of the molecule is CC(C)(C)S(=O)C(CN)C(=O)O. The Balaban J connectivity index is 4.55. The number of carbonyl (C=O) groups is 1. The second kappa shape index (κ2) is 4.00. The number of rotatable bonds is 3. The van der Waals surface area contributed by atoms with Gasteiger partial charge >= 0.3 is 5.97 Å². The smallest absolute Gasteiger partial charge is 0.320 e. The van der Waals surface area contributed by atoms with Crippen LogP contribution in [0.1, 0.15) is 20.8 Å². The lowest BCUT2D eigenvalue weighted by atomic mass is 10.3. The van der Waals surface area contributed by atoms with Crippen molar-refractivity contribution in [3.05, 3.63) is 0 Å². The molecule has 0 saturated carbocycles. The molecule has 2 atom stereocenters. The van der Waals surface area contributed by atoms with Crippen molar-refractivity contribution in [2.24, 2.45) is 5.73 Å². The molecule has 0 aliphatic carbocycles. The topological polar surface area (TPSA) is 80.4 Å². The Bertz CT molecular complexity index is 197. The van der Waals surface area contributed by atoms with Crippen molar-refractivity contribution in [1.29, 1.82) is 0 Å². The van der Waals surface area contributed by atoms with Crippen LogP contribution in [0.2, 0.25) is 0 Å². The third kappa shape index (κ3) is 2.91. The molecule has 0 aromatic rings. The van der Waals surface area contributed by atoms with Gasteiger partial charge in [-0.05, 0) is 20.8 Å². The quantitative estimate of drug-likeness (QED) is 0.658. The van der Waals surface area contributed by atoms with Crippen molar-refractivity contribution < 1.29 is 14.1 Å². The zero-order valence-corrected chi connectivity index (χ0v) is 8.35. The van der Waals surface area contributed by atoms with E-state index < -0.39 is 26.8 Å². The molecule has 0 aliphatic heterocycles. The van der Waals surface area contributed by atoms with Crippen molar-refractivity contribution in [2.75, 3.05) is 6.54 Å². The van der Waals surface area contributed by atoms with Crippen LogP contribution >= 0.6 is 0 Å². The normalized spacial score (nSPS) is 17.0. The summed E-state index contributed by atoms with van der Waals surface area (Å²) in [7, 11) is -1.43. The minimum Gasteiger partial charge on any atom is -0.480 e. The first-order valence-electron chi connectivity index (χ1n) is 3.64. The van der Waals surface area contributed by atoms with E-state index in [-0.39, 0.29) is 6.54 Å². The van der Waals surface area contributed by atoms with E-state index in [1.54, 1.807) is 20.8 Å². The Labute approximate surface area is 74.6 Å². The van der Waals surface area contributed by atoms with Gasteiger partial charge in [-0.1, -0.05) is 0 Å². The van der Waals surface area contributed by atoms with Gasteiger partial charge in [0.05, 0.1) is 0 Å². The second-order valence-corrected chi connectivity index (χ2v) is 5.86. The third-order valence-electron chi connectivity index (χ3n) is 1.35. The average molecular weight is 193 g/mol. The zero-order valence-electron chi connectivity index (χ0n) is 7.53. The highest BCUT2D eigenvalue weighted by Gasteiger charge is 2.31. The molecule has 72 valence electrons. The van der Waals surface area contributed by atoms with Crippen LogP contribution in [0.5, 0.6) is 0 Å². The molecule has 0 heterocycles.